The Morgan fingerprint density at radius 1 is 1.06 bits per heavy atom. The van der Waals surface area contributed by atoms with Gasteiger partial charge < -0.3 is 15.6 Å². The van der Waals surface area contributed by atoms with Crippen LogP contribution >= 0.6 is 0 Å². The van der Waals surface area contributed by atoms with E-state index in [1.807, 2.05) is 0 Å². The summed E-state index contributed by atoms with van der Waals surface area (Å²) in [6.45, 7) is 0.485. The number of fused-ring (bicyclic) bond motifs is 1. The van der Waals surface area contributed by atoms with Crippen LogP contribution in [0, 0.1) is 23.4 Å². The Labute approximate surface area is 182 Å². The number of amides is 2. The molecule has 8 heteroatoms. The first-order valence-corrected chi connectivity index (χ1v) is 10.7. The fourth-order valence-corrected chi connectivity index (χ4v) is 4.83. The lowest BCUT2D eigenvalue weighted by Gasteiger charge is -2.36. The lowest BCUT2D eigenvalue weighted by molar-refractivity contribution is -0.126. The number of carbonyl (C=O) groups excluding carboxylic acids is 2. The molecule has 0 unspecified atom stereocenters. The Morgan fingerprint density at radius 2 is 1.81 bits per heavy atom. The predicted molar refractivity (Wildman–Crippen MR) is 113 cm³/mol. The molecule has 5 rings (SSSR count). The minimum atomic E-state index is -0.670. The van der Waals surface area contributed by atoms with Gasteiger partial charge in [0.1, 0.15) is 23.5 Å². The topological polar surface area (TPSA) is 74.0 Å². The molecule has 3 N–H and O–H groups in total. The molecule has 166 valence electrons. The van der Waals surface area contributed by atoms with E-state index in [9.17, 15) is 22.8 Å². The molecular formula is C24H22F3N3O2. The molecule has 2 aliphatic rings. The van der Waals surface area contributed by atoms with Gasteiger partial charge in [-0.05, 0) is 72.6 Å². The quantitative estimate of drug-likeness (QED) is 0.557. The molecule has 1 aliphatic heterocycles. The maximum atomic E-state index is 14.5. The number of hydrogen-bond donors (Lipinski definition) is 3. The van der Waals surface area contributed by atoms with E-state index < -0.39 is 17.7 Å². The highest BCUT2D eigenvalue weighted by molar-refractivity contribution is 5.92. The van der Waals surface area contributed by atoms with Gasteiger partial charge in [-0.25, -0.2) is 13.2 Å². The average Bonchev–Trinajstić information content (AvgIpc) is 3.32. The van der Waals surface area contributed by atoms with Crippen molar-refractivity contribution in [3.05, 3.63) is 59.4 Å². The number of benzene rings is 2. The normalized spacial score (nSPS) is 22.6. The van der Waals surface area contributed by atoms with E-state index in [2.05, 4.69) is 15.6 Å². The molecule has 2 aromatic carbocycles. The smallest absolute Gasteiger partial charge is 0.242 e. The maximum Gasteiger partial charge on any atom is 0.242 e. The molecule has 1 saturated heterocycles. The van der Waals surface area contributed by atoms with Gasteiger partial charge in [0.25, 0.3) is 0 Å². The molecule has 1 saturated carbocycles. The van der Waals surface area contributed by atoms with E-state index in [0.717, 1.165) is 24.5 Å². The summed E-state index contributed by atoms with van der Waals surface area (Å²) in [5, 5.41) is 6.04. The molecule has 0 radical (unpaired) electrons. The molecule has 2 fully saturated rings. The third-order valence-electron chi connectivity index (χ3n) is 6.52. The van der Waals surface area contributed by atoms with Crippen LogP contribution in [-0.2, 0) is 9.59 Å². The molecule has 3 aromatic rings. The molecular weight excluding hydrogens is 419 g/mol. The third kappa shape index (κ3) is 3.74. The first kappa shape index (κ1) is 20.6. The molecule has 0 spiro atoms. The molecule has 5 nitrogen and oxygen atoms in total. The first-order chi connectivity index (χ1) is 15.4. The molecule has 1 aliphatic carbocycles. The molecule has 1 aromatic heterocycles. The van der Waals surface area contributed by atoms with Crippen LogP contribution in [0.5, 0.6) is 0 Å². The summed E-state index contributed by atoms with van der Waals surface area (Å²) in [6.07, 6.45) is 2.36. The predicted octanol–water partition coefficient (Wildman–Crippen LogP) is 4.14. The van der Waals surface area contributed by atoms with Crippen molar-refractivity contribution in [3.63, 3.8) is 0 Å². The van der Waals surface area contributed by atoms with Gasteiger partial charge in [0.2, 0.25) is 11.8 Å². The van der Waals surface area contributed by atoms with Gasteiger partial charge in [-0.3, -0.25) is 9.59 Å². The number of nitrogens with one attached hydrogen (secondary N) is 3. The van der Waals surface area contributed by atoms with Crippen LogP contribution in [-0.4, -0.2) is 29.4 Å². The van der Waals surface area contributed by atoms with Gasteiger partial charge in [0.05, 0.1) is 11.2 Å². The Kier molecular flexibility index (Phi) is 5.15. The van der Waals surface area contributed by atoms with Crippen LogP contribution in [0.15, 0.2) is 36.4 Å². The third-order valence-corrected chi connectivity index (χ3v) is 6.52. The van der Waals surface area contributed by atoms with Crippen LogP contribution in [0.25, 0.3) is 22.2 Å². The highest BCUT2D eigenvalue weighted by atomic mass is 19.1. The SMILES string of the molecule is O=C1CC[C@H](C(=O)NC[C@H]2C[C@@H](c3c(-c4ccc(F)cc4)[nH]c4c(F)cc(F)cc43)C2)N1. The van der Waals surface area contributed by atoms with Gasteiger partial charge in [-0.2, -0.15) is 0 Å². The number of hydrogen-bond acceptors (Lipinski definition) is 2. The Hall–Kier alpha value is -3.29. The minimum absolute atomic E-state index is 0.0538. The van der Waals surface area contributed by atoms with Crippen molar-refractivity contribution in [1.82, 2.24) is 15.6 Å². The lowest BCUT2D eigenvalue weighted by Crippen LogP contribution is -2.44. The Bertz CT molecular complexity index is 1200. The molecule has 2 heterocycles. The second kappa shape index (κ2) is 8.00. The van der Waals surface area contributed by atoms with E-state index in [1.54, 1.807) is 12.1 Å². The highest BCUT2D eigenvalue weighted by Gasteiger charge is 2.35. The van der Waals surface area contributed by atoms with Crippen LogP contribution in [0.1, 0.15) is 37.2 Å². The van der Waals surface area contributed by atoms with Gasteiger partial charge in [0, 0.05) is 24.4 Å². The zero-order valence-electron chi connectivity index (χ0n) is 17.2. The number of carbonyl (C=O) groups is 2. The second-order valence-corrected chi connectivity index (χ2v) is 8.67. The summed E-state index contributed by atoms with van der Waals surface area (Å²) in [5.41, 5.74) is 2.40. The van der Waals surface area contributed by atoms with Crippen molar-refractivity contribution in [3.8, 4) is 11.3 Å². The van der Waals surface area contributed by atoms with E-state index >= 15 is 0 Å². The zero-order valence-corrected chi connectivity index (χ0v) is 17.2. The summed E-state index contributed by atoms with van der Waals surface area (Å²) in [7, 11) is 0. The lowest BCUT2D eigenvalue weighted by atomic mass is 9.70. The fraction of sp³-hybridized carbons (Fsp3) is 0.333. The number of H-pyrrole nitrogens is 1. The van der Waals surface area contributed by atoms with Crippen molar-refractivity contribution in [1.29, 1.82) is 0 Å². The molecule has 0 bridgehead atoms. The summed E-state index contributed by atoms with van der Waals surface area (Å²) >= 11 is 0. The van der Waals surface area contributed by atoms with Crippen molar-refractivity contribution in [2.75, 3.05) is 6.54 Å². The molecule has 2 amide bonds. The van der Waals surface area contributed by atoms with Crippen molar-refractivity contribution in [2.24, 2.45) is 5.92 Å². The van der Waals surface area contributed by atoms with Crippen molar-refractivity contribution < 1.29 is 22.8 Å². The van der Waals surface area contributed by atoms with Gasteiger partial charge in [0.15, 0.2) is 0 Å². The number of aromatic nitrogens is 1. The van der Waals surface area contributed by atoms with Crippen LogP contribution in [0.4, 0.5) is 13.2 Å². The molecule has 1 atom stereocenters. The number of halogens is 3. The summed E-state index contributed by atoms with van der Waals surface area (Å²) < 4.78 is 41.9. The largest absolute Gasteiger partial charge is 0.354 e. The maximum absolute atomic E-state index is 14.5. The van der Waals surface area contributed by atoms with Crippen LogP contribution in [0.2, 0.25) is 0 Å². The Morgan fingerprint density at radius 3 is 2.50 bits per heavy atom. The second-order valence-electron chi connectivity index (χ2n) is 8.67. The van der Waals surface area contributed by atoms with E-state index in [4.69, 9.17) is 0 Å². The average molecular weight is 441 g/mol. The summed E-state index contributed by atoms with van der Waals surface area (Å²) in [5.74, 6) is -1.70. The highest BCUT2D eigenvalue weighted by Crippen LogP contribution is 2.48. The van der Waals surface area contributed by atoms with Crippen molar-refractivity contribution in [2.45, 2.75) is 37.6 Å². The first-order valence-electron chi connectivity index (χ1n) is 10.7. The van der Waals surface area contributed by atoms with Crippen LogP contribution in [0.3, 0.4) is 0 Å². The zero-order chi connectivity index (χ0) is 22.4. The van der Waals surface area contributed by atoms with E-state index in [-0.39, 0.29) is 35.0 Å². The number of aromatic amines is 1. The van der Waals surface area contributed by atoms with Crippen molar-refractivity contribution >= 4 is 22.7 Å². The fourth-order valence-electron chi connectivity index (χ4n) is 4.83. The molecule has 32 heavy (non-hydrogen) atoms. The number of rotatable bonds is 5. The van der Waals surface area contributed by atoms with E-state index in [0.29, 0.717) is 36.0 Å². The Balaban J connectivity index is 1.36. The van der Waals surface area contributed by atoms with E-state index in [1.165, 1.54) is 18.2 Å². The van der Waals surface area contributed by atoms with Gasteiger partial charge in [-0.15, -0.1) is 0 Å². The van der Waals surface area contributed by atoms with Gasteiger partial charge >= 0.3 is 0 Å². The van der Waals surface area contributed by atoms with Gasteiger partial charge in [-0.1, -0.05) is 0 Å². The van der Waals surface area contributed by atoms with Crippen LogP contribution < -0.4 is 10.6 Å². The monoisotopic (exact) mass is 441 g/mol. The summed E-state index contributed by atoms with van der Waals surface area (Å²) in [4.78, 5) is 26.6. The summed E-state index contributed by atoms with van der Waals surface area (Å²) in [6, 6.07) is 7.61. The minimum Gasteiger partial charge on any atom is -0.354 e. The standard InChI is InChI=1S/C24H22F3N3O2/c25-15-3-1-13(2-4-15)22-21(17-9-16(26)10-18(27)23(17)30-22)14-7-12(8-14)11-28-24(32)19-5-6-20(31)29-19/h1-4,9-10,12,14,19,30H,5-8,11H2,(H,28,32)(H,29,31)/t12-,14+,19-/m1/s1.